The van der Waals surface area contributed by atoms with Gasteiger partial charge >= 0.3 is 5.95 Å². The zero-order valence-corrected chi connectivity index (χ0v) is 15.5. The molecular formula is C12H17I2N5. The lowest BCUT2D eigenvalue weighted by atomic mass is 10.1. The summed E-state index contributed by atoms with van der Waals surface area (Å²) in [6, 6.07) is 0.496. The first kappa shape index (κ1) is 15.2. The summed E-state index contributed by atoms with van der Waals surface area (Å²) in [5, 5.41) is 8.94. The third-order valence-corrected chi connectivity index (χ3v) is 4.23. The fraction of sp³-hybridized carbons (Fsp3) is 0.583. The fourth-order valence-corrected chi connectivity index (χ4v) is 3.00. The lowest BCUT2D eigenvalue weighted by molar-refractivity contribution is -0.692. The first-order valence-electron chi connectivity index (χ1n) is 6.11. The van der Waals surface area contributed by atoms with Crippen LogP contribution in [0.1, 0.15) is 26.8 Å². The van der Waals surface area contributed by atoms with Gasteiger partial charge in [0.2, 0.25) is 5.65 Å². The molecule has 0 saturated carbocycles. The smallest absolute Gasteiger partial charge is 0.394 e. The molecule has 3 heterocycles. The van der Waals surface area contributed by atoms with Crippen LogP contribution < -0.4 is 33.9 Å². The average Bonchev–Trinajstić information content (AvgIpc) is 2.87. The summed E-state index contributed by atoms with van der Waals surface area (Å²) in [7, 11) is 0. The van der Waals surface area contributed by atoms with Crippen LogP contribution in [-0.2, 0) is 5.54 Å². The van der Waals surface area contributed by atoms with Gasteiger partial charge in [-0.1, -0.05) is 27.6 Å². The summed E-state index contributed by atoms with van der Waals surface area (Å²) in [5.41, 5.74) is 0.907. The highest BCUT2D eigenvalue weighted by atomic mass is 127. The van der Waals surface area contributed by atoms with Crippen molar-refractivity contribution in [2.24, 2.45) is 0 Å². The fourth-order valence-electron chi connectivity index (χ4n) is 2.26. The monoisotopic (exact) mass is 485 g/mol. The highest BCUT2D eigenvalue weighted by molar-refractivity contribution is 14.1. The molecule has 0 aromatic carbocycles. The van der Waals surface area contributed by atoms with Gasteiger partial charge in [-0.05, 0) is 20.8 Å². The van der Waals surface area contributed by atoms with Gasteiger partial charge < -0.3 is 24.0 Å². The Morgan fingerprint density at radius 3 is 2.89 bits per heavy atom. The Bertz CT molecular complexity index is 602. The minimum absolute atomic E-state index is 0. The van der Waals surface area contributed by atoms with Crippen LogP contribution in [0.5, 0.6) is 0 Å². The van der Waals surface area contributed by atoms with E-state index >= 15 is 0 Å². The van der Waals surface area contributed by atoms with E-state index in [1.54, 1.807) is 0 Å². The van der Waals surface area contributed by atoms with Crippen molar-refractivity contribution < 1.29 is 28.5 Å². The summed E-state index contributed by atoms with van der Waals surface area (Å²) >= 11 is 2.42. The molecule has 7 heteroatoms. The molecule has 1 aliphatic rings. The first-order chi connectivity index (χ1) is 8.50. The van der Waals surface area contributed by atoms with Crippen LogP contribution in [0.25, 0.3) is 11.0 Å². The van der Waals surface area contributed by atoms with Crippen LogP contribution in [0.15, 0.2) is 12.4 Å². The molecule has 0 amide bonds. The molecule has 0 spiro atoms. The molecule has 0 saturated heterocycles. The number of nitrogens with one attached hydrogen (secondary N) is 1. The van der Waals surface area contributed by atoms with Crippen molar-refractivity contribution >= 4 is 39.6 Å². The summed E-state index contributed by atoms with van der Waals surface area (Å²) in [5.74, 6) is 0.954. The molecule has 0 radical (unpaired) electrons. The van der Waals surface area contributed by atoms with E-state index in [4.69, 9.17) is 4.98 Å². The van der Waals surface area contributed by atoms with Gasteiger partial charge in [0, 0.05) is 4.43 Å². The molecular weight excluding hydrogens is 468 g/mol. The number of hydrogen-bond donors (Lipinski definition) is 1. The van der Waals surface area contributed by atoms with Crippen LogP contribution in [-0.4, -0.2) is 25.7 Å². The van der Waals surface area contributed by atoms with Gasteiger partial charge in [-0.25, -0.2) is 9.25 Å². The van der Waals surface area contributed by atoms with Gasteiger partial charge in [0.05, 0.1) is 29.9 Å². The molecule has 1 unspecified atom stereocenters. The van der Waals surface area contributed by atoms with E-state index in [9.17, 15) is 0 Å². The van der Waals surface area contributed by atoms with Crippen LogP contribution in [0.4, 0.5) is 5.95 Å². The van der Waals surface area contributed by atoms with E-state index in [0.29, 0.717) is 6.04 Å². The van der Waals surface area contributed by atoms with E-state index in [0.717, 1.165) is 28.0 Å². The Morgan fingerprint density at radius 1 is 1.53 bits per heavy atom. The average molecular weight is 485 g/mol. The molecule has 104 valence electrons. The molecule has 3 rings (SSSR count). The van der Waals surface area contributed by atoms with Crippen LogP contribution in [0.2, 0.25) is 0 Å². The van der Waals surface area contributed by atoms with Crippen molar-refractivity contribution in [2.45, 2.75) is 32.4 Å². The second-order valence-electron chi connectivity index (χ2n) is 5.67. The molecule has 1 aliphatic heterocycles. The maximum Gasteiger partial charge on any atom is 0.394 e. The molecule has 1 atom stereocenters. The molecule has 0 aliphatic carbocycles. The second kappa shape index (κ2) is 5.30. The van der Waals surface area contributed by atoms with E-state index < -0.39 is 0 Å². The highest BCUT2D eigenvalue weighted by Gasteiger charge is 2.31. The van der Waals surface area contributed by atoms with E-state index in [2.05, 4.69) is 64.5 Å². The predicted molar refractivity (Wildman–Crippen MR) is 79.1 cm³/mol. The Balaban J connectivity index is 0.00000133. The summed E-state index contributed by atoms with van der Waals surface area (Å²) in [6.07, 6.45) is 4.07. The minimum Gasteiger partial charge on any atom is -1.00 e. The molecule has 0 bridgehead atoms. The number of alkyl halides is 1. The number of anilines is 1. The maximum atomic E-state index is 4.73. The predicted octanol–water partition coefficient (Wildman–Crippen LogP) is -1.12. The molecule has 0 fully saturated rings. The van der Waals surface area contributed by atoms with Crippen LogP contribution in [0, 0.1) is 0 Å². The van der Waals surface area contributed by atoms with Crippen molar-refractivity contribution in [2.75, 3.05) is 16.3 Å². The van der Waals surface area contributed by atoms with Crippen LogP contribution >= 0.6 is 22.6 Å². The number of rotatable bonds is 1. The third kappa shape index (κ3) is 2.55. The number of nitrogens with zero attached hydrogens (tertiary/aromatic N) is 4. The number of hydrogen-bond acceptors (Lipinski definition) is 3. The maximum absolute atomic E-state index is 4.73. The molecule has 19 heavy (non-hydrogen) atoms. The first-order valence-corrected chi connectivity index (χ1v) is 7.63. The minimum atomic E-state index is -0.0467. The molecule has 5 nitrogen and oxygen atoms in total. The van der Waals surface area contributed by atoms with Gasteiger partial charge in [-0.15, -0.1) is 0 Å². The standard InChI is InChI=1S/C12H16IN5.HI/c1-12(2,3)18-10-8(5-15-18)7-17-9(4-13)6-14-11(17)16-10;/h5,7,9H,4,6H2,1-3H3;1H. The van der Waals surface area contributed by atoms with Gasteiger partial charge in [0.1, 0.15) is 6.04 Å². The molecule has 2 aromatic rings. The zero-order chi connectivity index (χ0) is 12.9. The Kier molecular flexibility index (Phi) is 4.24. The Labute approximate surface area is 143 Å². The lowest BCUT2D eigenvalue weighted by Gasteiger charge is -2.18. The van der Waals surface area contributed by atoms with Gasteiger partial charge in [0.15, 0.2) is 0 Å². The Morgan fingerprint density at radius 2 is 2.26 bits per heavy atom. The summed E-state index contributed by atoms with van der Waals surface area (Å²) < 4.78 is 5.30. The normalized spacial score (nSPS) is 18.0. The number of fused-ring (bicyclic) bond motifs is 2. The largest absolute Gasteiger partial charge is 1.00 e. The second-order valence-corrected chi connectivity index (χ2v) is 6.55. The SMILES string of the molecule is CC(C)(C)n1ncc2c[n+]3c(nc21)NCC3CI.[I-]. The van der Waals surface area contributed by atoms with E-state index in [-0.39, 0.29) is 29.5 Å². The highest BCUT2D eigenvalue weighted by Crippen LogP contribution is 2.22. The van der Waals surface area contributed by atoms with Gasteiger partial charge in [0.25, 0.3) is 0 Å². The third-order valence-electron chi connectivity index (χ3n) is 3.21. The lowest BCUT2D eigenvalue weighted by Crippen LogP contribution is -3.00. The zero-order valence-electron chi connectivity index (χ0n) is 11.2. The number of halogens is 2. The van der Waals surface area contributed by atoms with Crippen molar-refractivity contribution in [3.63, 3.8) is 0 Å². The quantitative estimate of drug-likeness (QED) is 0.317. The van der Waals surface area contributed by atoms with Crippen molar-refractivity contribution in [1.29, 1.82) is 0 Å². The molecule has 1 N–H and O–H groups in total. The van der Waals surface area contributed by atoms with Gasteiger partial charge in [-0.2, -0.15) is 5.10 Å². The van der Waals surface area contributed by atoms with Gasteiger partial charge in [-0.3, -0.25) is 5.32 Å². The van der Waals surface area contributed by atoms with E-state index in [1.165, 1.54) is 0 Å². The number of aromatic nitrogens is 4. The molecule has 2 aromatic heterocycles. The van der Waals surface area contributed by atoms with E-state index in [1.807, 2.05) is 10.9 Å². The topological polar surface area (TPSA) is 46.6 Å². The Hall–Kier alpha value is -0.190. The van der Waals surface area contributed by atoms with Crippen molar-refractivity contribution in [1.82, 2.24) is 14.8 Å². The summed E-state index contributed by atoms with van der Waals surface area (Å²) in [6.45, 7) is 7.39. The van der Waals surface area contributed by atoms with Crippen molar-refractivity contribution in [3.8, 4) is 0 Å². The van der Waals surface area contributed by atoms with Crippen LogP contribution in [0.3, 0.4) is 0 Å². The summed E-state index contributed by atoms with van der Waals surface area (Å²) in [4.78, 5) is 4.73. The van der Waals surface area contributed by atoms with Crippen molar-refractivity contribution in [3.05, 3.63) is 12.4 Å².